The van der Waals surface area contributed by atoms with Crippen molar-refractivity contribution in [3.63, 3.8) is 0 Å². The van der Waals surface area contributed by atoms with E-state index in [9.17, 15) is 4.39 Å². The predicted octanol–water partition coefficient (Wildman–Crippen LogP) is 1.85. The van der Waals surface area contributed by atoms with Gasteiger partial charge < -0.3 is 14.9 Å². The number of piperidine rings is 1. The van der Waals surface area contributed by atoms with E-state index >= 15 is 0 Å². The molecule has 18 heavy (non-hydrogen) atoms. The Hall–Kier alpha value is -1.13. The Kier molecular flexibility index (Phi) is 4.19. The van der Waals surface area contributed by atoms with Gasteiger partial charge in [0.1, 0.15) is 5.82 Å². The van der Waals surface area contributed by atoms with Gasteiger partial charge in [-0.1, -0.05) is 0 Å². The summed E-state index contributed by atoms with van der Waals surface area (Å²) in [5.74, 6) is -0.272. The van der Waals surface area contributed by atoms with Gasteiger partial charge in [-0.2, -0.15) is 0 Å². The van der Waals surface area contributed by atoms with Crippen LogP contribution < -0.4 is 4.90 Å². The zero-order valence-corrected chi connectivity index (χ0v) is 11.1. The van der Waals surface area contributed by atoms with Crippen molar-refractivity contribution >= 4 is 5.69 Å². The SMILES string of the molecule is CN(C)C1CCN(c2cc(F)cc(CO)c2)CC1. The highest BCUT2D eigenvalue weighted by atomic mass is 19.1. The van der Waals surface area contributed by atoms with Gasteiger partial charge in [0.2, 0.25) is 0 Å². The molecule has 0 bridgehead atoms. The third-order valence-electron chi connectivity index (χ3n) is 3.68. The number of nitrogens with zero attached hydrogens (tertiary/aromatic N) is 2. The van der Waals surface area contributed by atoms with Gasteiger partial charge in [0, 0.05) is 24.8 Å². The maximum Gasteiger partial charge on any atom is 0.125 e. The highest BCUT2D eigenvalue weighted by molar-refractivity contribution is 5.49. The monoisotopic (exact) mass is 252 g/mol. The minimum Gasteiger partial charge on any atom is -0.392 e. The lowest BCUT2D eigenvalue weighted by molar-refractivity contribution is 0.249. The van der Waals surface area contributed by atoms with Crippen LogP contribution in [0.25, 0.3) is 0 Å². The molecule has 1 saturated heterocycles. The Morgan fingerprint density at radius 1 is 1.28 bits per heavy atom. The van der Waals surface area contributed by atoms with Crippen LogP contribution in [0, 0.1) is 5.82 Å². The molecule has 2 rings (SSSR count). The highest BCUT2D eigenvalue weighted by Crippen LogP contribution is 2.23. The van der Waals surface area contributed by atoms with E-state index in [1.165, 1.54) is 6.07 Å². The Labute approximate surface area is 108 Å². The van der Waals surface area contributed by atoms with Gasteiger partial charge in [-0.05, 0) is 50.7 Å². The molecular formula is C14H21FN2O. The molecule has 0 atom stereocenters. The molecule has 0 amide bonds. The quantitative estimate of drug-likeness (QED) is 0.889. The van der Waals surface area contributed by atoms with Crippen molar-refractivity contribution in [1.29, 1.82) is 0 Å². The molecule has 0 saturated carbocycles. The predicted molar refractivity (Wildman–Crippen MR) is 71.2 cm³/mol. The summed E-state index contributed by atoms with van der Waals surface area (Å²) in [7, 11) is 4.21. The molecule has 0 unspecified atom stereocenters. The molecule has 0 spiro atoms. The van der Waals surface area contributed by atoms with Gasteiger partial charge in [0.25, 0.3) is 0 Å². The van der Waals surface area contributed by atoms with Gasteiger partial charge in [-0.15, -0.1) is 0 Å². The van der Waals surface area contributed by atoms with Crippen molar-refractivity contribution in [2.75, 3.05) is 32.1 Å². The number of hydrogen-bond acceptors (Lipinski definition) is 3. The van der Waals surface area contributed by atoms with E-state index < -0.39 is 0 Å². The lowest BCUT2D eigenvalue weighted by atomic mass is 10.0. The van der Waals surface area contributed by atoms with Crippen molar-refractivity contribution in [3.8, 4) is 0 Å². The number of aliphatic hydroxyl groups is 1. The fraction of sp³-hybridized carbons (Fsp3) is 0.571. The Balaban J connectivity index is 2.07. The molecule has 3 nitrogen and oxygen atoms in total. The molecule has 0 aromatic heterocycles. The van der Waals surface area contributed by atoms with E-state index in [1.807, 2.05) is 6.07 Å². The van der Waals surface area contributed by atoms with Crippen LogP contribution in [-0.4, -0.2) is 43.2 Å². The summed E-state index contributed by atoms with van der Waals surface area (Å²) in [6, 6.07) is 5.43. The van der Waals surface area contributed by atoms with Crippen molar-refractivity contribution in [1.82, 2.24) is 4.90 Å². The molecular weight excluding hydrogens is 231 g/mol. The van der Waals surface area contributed by atoms with Gasteiger partial charge in [-0.25, -0.2) is 4.39 Å². The van der Waals surface area contributed by atoms with E-state index in [0.717, 1.165) is 31.6 Å². The first-order chi connectivity index (χ1) is 8.60. The summed E-state index contributed by atoms with van der Waals surface area (Å²) in [5.41, 5.74) is 1.52. The fourth-order valence-corrected chi connectivity index (χ4v) is 2.55. The number of hydrogen-bond donors (Lipinski definition) is 1. The first-order valence-electron chi connectivity index (χ1n) is 6.42. The van der Waals surface area contributed by atoms with Crippen LogP contribution in [-0.2, 0) is 6.61 Å². The van der Waals surface area contributed by atoms with Gasteiger partial charge in [0.05, 0.1) is 6.61 Å². The van der Waals surface area contributed by atoms with Crippen LogP contribution in [0.1, 0.15) is 18.4 Å². The topological polar surface area (TPSA) is 26.7 Å². The summed E-state index contributed by atoms with van der Waals surface area (Å²) in [5, 5.41) is 9.11. The third-order valence-corrected chi connectivity index (χ3v) is 3.68. The largest absolute Gasteiger partial charge is 0.392 e. The average Bonchev–Trinajstić information content (AvgIpc) is 2.38. The lowest BCUT2D eigenvalue weighted by Crippen LogP contribution is -2.42. The van der Waals surface area contributed by atoms with E-state index in [0.29, 0.717) is 11.6 Å². The minimum atomic E-state index is -0.272. The van der Waals surface area contributed by atoms with Crippen molar-refractivity contribution in [3.05, 3.63) is 29.6 Å². The maximum atomic E-state index is 13.4. The molecule has 100 valence electrons. The number of halogens is 1. The minimum absolute atomic E-state index is 0.112. The average molecular weight is 252 g/mol. The van der Waals surface area contributed by atoms with Crippen LogP contribution in [0.2, 0.25) is 0 Å². The molecule has 4 heteroatoms. The Morgan fingerprint density at radius 2 is 1.94 bits per heavy atom. The molecule has 1 fully saturated rings. The molecule has 1 aromatic carbocycles. The fourth-order valence-electron chi connectivity index (χ4n) is 2.55. The van der Waals surface area contributed by atoms with E-state index in [-0.39, 0.29) is 12.4 Å². The number of aliphatic hydroxyl groups excluding tert-OH is 1. The standard InChI is InChI=1S/C14H21FN2O/c1-16(2)13-3-5-17(6-4-13)14-8-11(10-18)7-12(15)9-14/h7-9,13,18H,3-6,10H2,1-2H3. The third kappa shape index (κ3) is 3.00. The van der Waals surface area contributed by atoms with E-state index in [4.69, 9.17) is 5.11 Å². The molecule has 1 aliphatic rings. The second-order valence-corrected chi connectivity index (χ2v) is 5.16. The van der Waals surface area contributed by atoms with Crippen molar-refractivity contribution < 1.29 is 9.50 Å². The van der Waals surface area contributed by atoms with Gasteiger partial charge in [-0.3, -0.25) is 0 Å². The summed E-state index contributed by atoms with van der Waals surface area (Å²) in [6.07, 6.45) is 2.19. The van der Waals surface area contributed by atoms with Crippen molar-refractivity contribution in [2.45, 2.75) is 25.5 Å². The summed E-state index contributed by atoms with van der Waals surface area (Å²) in [6.45, 7) is 1.77. The van der Waals surface area contributed by atoms with Gasteiger partial charge in [0.15, 0.2) is 0 Å². The normalized spacial score (nSPS) is 17.5. The first-order valence-corrected chi connectivity index (χ1v) is 6.42. The molecule has 0 radical (unpaired) electrons. The molecule has 1 heterocycles. The van der Waals surface area contributed by atoms with Gasteiger partial charge >= 0.3 is 0 Å². The highest BCUT2D eigenvalue weighted by Gasteiger charge is 2.21. The zero-order valence-electron chi connectivity index (χ0n) is 11.1. The summed E-state index contributed by atoms with van der Waals surface area (Å²) < 4.78 is 13.4. The zero-order chi connectivity index (χ0) is 13.1. The summed E-state index contributed by atoms with van der Waals surface area (Å²) in [4.78, 5) is 4.45. The second-order valence-electron chi connectivity index (χ2n) is 5.16. The Morgan fingerprint density at radius 3 is 2.50 bits per heavy atom. The van der Waals surface area contributed by atoms with E-state index in [2.05, 4.69) is 23.9 Å². The summed E-state index contributed by atoms with van der Waals surface area (Å²) >= 11 is 0. The van der Waals surface area contributed by atoms with Crippen LogP contribution in [0.3, 0.4) is 0 Å². The van der Waals surface area contributed by atoms with Crippen LogP contribution in [0.4, 0.5) is 10.1 Å². The molecule has 1 aliphatic heterocycles. The van der Waals surface area contributed by atoms with Crippen LogP contribution in [0.5, 0.6) is 0 Å². The Bertz CT molecular complexity index is 401. The van der Waals surface area contributed by atoms with Crippen LogP contribution in [0.15, 0.2) is 18.2 Å². The number of rotatable bonds is 3. The lowest BCUT2D eigenvalue weighted by Gasteiger charge is -2.36. The first kappa shape index (κ1) is 13.3. The molecule has 1 N–H and O–H groups in total. The maximum absolute atomic E-state index is 13.4. The van der Waals surface area contributed by atoms with Crippen LogP contribution >= 0.6 is 0 Å². The molecule has 1 aromatic rings. The smallest absolute Gasteiger partial charge is 0.125 e. The van der Waals surface area contributed by atoms with Crippen molar-refractivity contribution in [2.24, 2.45) is 0 Å². The second kappa shape index (κ2) is 5.67. The van der Waals surface area contributed by atoms with E-state index in [1.54, 1.807) is 6.07 Å². The molecule has 0 aliphatic carbocycles. The number of benzene rings is 1. The number of anilines is 1.